The van der Waals surface area contributed by atoms with Gasteiger partial charge in [-0.3, -0.25) is 0 Å². The van der Waals surface area contributed by atoms with Crippen molar-refractivity contribution in [3.8, 4) is 23.0 Å². The maximum Gasteiger partial charge on any atom is 0.250 e. The number of hydrogen-bond donors (Lipinski definition) is 1. The highest BCUT2D eigenvalue weighted by atomic mass is 28.4. The van der Waals surface area contributed by atoms with E-state index in [0.29, 0.717) is 17.6 Å². The van der Waals surface area contributed by atoms with E-state index >= 15 is 0 Å². The Bertz CT molecular complexity index is 1750. The van der Waals surface area contributed by atoms with Gasteiger partial charge in [-0.05, 0) is 163 Å². The summed E-state index contributed by atoms with van der Waals surface area (Å²) in [4.78, 5) is 0. The van der Waals surface area contributed by atoms with Crippen LogP contribution < -0.4 is 13.9 Å². The Morgan fingerprint density at radius 1 is 0.604 bits per heavy atom. The number of ether oxygens (including phenoxy) is 4. The molecule has 7 heteroatoms. The van der Waals surface area contributed by atoms with Gasteiger partial charge in [0.15, 0.2) is 13.6 Å². The molecule has 4 aromatic carbocycles. The molecule has 0 aromatic heterocycles. The van der Waals surface area contributed by atoms with Gasteiger partial charge in [0.05, 0.1) is 0 Å². The van der Waals surface area contributed by atoms with Crippen LogP contribution in [0.25, 0.3) is 0 Å². The second-order valence-corrected chi connectivity index (χ2v) is 21.2. The van der Waals surface area contributed by atoms with E-state index < -0.39 is 8.32 Å². The van der Waals surface area contributed by atoms with Crippen LogP contribution >= 0.6 is 0 Å². The molecule has 0 heterocycles. The number of phenols is 1. The van der Waals surface area contributed by atoms with E-state index in [0.717, 1.165) is 41.2 Å². The molecular weight excluding hydrogens is 677 g/mol. The molecule has 290 valence electrons. The lowest BCUT2D eigenvalue weighted by molar-refractivity contribution is 0.0501. The van der Waals surface area contributed by atoms with Crippen LogP contribution in [0.1, 0.15) is 116 Å². The number of aryl methyl sites for hydroxylation is 4. The number of phenolic OH excluding ortho intramolecular Hbond substituents is 1. The molecule has 0 atom stereocenters. The molecule has 0 saturated carbocycles. The minimum atomic E-state index is -1.84. The third-order valence-corrected chi connectivity index (χ3v) is 14.7. The monoisotopic (exact) mass is 742 g/mol. The van der Waals surface area contributed by atoms with Gasteiger partial charge in [0.25, 0.3) is 0 Å². The smallest absolute Gasteiger partial charge is 0.250 e. The Morgan fingerprint density at radius 2 is 0.981 bits per heavy atom. The average molecular weight is 743 g/mol. The zero-order valence-electron chi connectivity index (χ0n) is 35.2. The SMILES string of the molecule is COCOc1ccc(Cc2c(C)cc(O)cc2C)cc1C(C)C.COCOc1ccc(Cc2c(C)cc(O[Si](C)(C)C(C)(C)C)cc2C)cc1C(C)C. The van der Waals surface area contributed by atoms with Crippen LogP contribution in [-0.2, 0) is 22.3 Å². The molecule has 0 saturated heterocycles. The van der Waals surface area contributed by atoms with Crippen LogP contribution in [0.4, 0.5) is 0 Å². The van der Waals surface area contributed by atoms with Crippen molar-refractivity contribution in [3.05, 3.63) is 116 Å². The highest BCUT2D eigenvalue weighted by molar-refractivity contribution is 6.74. The second kappa shape index (κ2) is 19.0. The van der Waals surface area contributed by atoms with Crippen LogP contribution in [0.15, 0.2) is 60.7 Å². The number of rotatable bonds is 14. The fourth-order valence-electron chi connectivity index (χ4n) is 6.22. The van der Waals surface area contributed by atoms with Gasteiger partial charge in [-0.15, -0.1) is 0 Å². The van der Waals surface area contributed by atoms with Crippen molar-refractivity contribution in [2.75, 3.05) is 27.8 Å². The van der Waals surface area contributed by atoms with Gasteiger partial charge < -0.3 is 28.5 Å². The van der Waals surface area contributed by atoms with Crippen LogP contribution in [0, 0.1) is 27.7 Å². The van der Waals surface area contributed by atoms with Gasteiger partial charge in [-0.2, -0.15) is 0 Å². The van der Waals surface area contributed by atoms with Crippen molar-refractivity contribution in [2.45, 2.75) is 119 Å². The van der Waals surface area contributed by atoms with Crippen molar-refractivity contribution < 1.29 is 28.5 Å². The largest absolute Gasteiger partial charge is 0.543 e. The predicted octanol–water partition coefficient (Wildman–Crippen LogP) is 12.1. The van der Waals surface area contributed by atoms with Crippen molar-refractivity contribution in [1.29, 1.82) is 0 Å². The summed E-state index contributed by atoms with van der Waals surface area (Å²) in [7, 11) is 1.43. The molecule has 0 aliphatic heterocycles. The quantitative estimate of drug-likeness (QED) is 0.102. The first-order valence-corrected chi connectivity index (χ1v) is 21.8. The Balaban J connectivity index is 0.000000295. The summed E-state index contributed by atoms with van der Waals surface area (Å²) < 4.78 is 28.0. The minimum absolute atomic E-state index is 0.188. The fraction of sp³-hybridized carbons (Fsp3) is 0.478. The summed E-state index contributed by atoms with van der Waals surface area (Å²) in [5, 5.41) is 9.88. The van der Waals surface area contributed by atoms with Crippen LogP contribution in [-0.4, -0.2) is 41.2 Å². The van der Waals surface area contributed by atoms with Gasteiger partial charge in [0, 0.05) is 14.2 Å². The van der Waals surface area contributed by atoms with Gasteiger partial charge in [0.2, 0.25) is 8.32 Å². The van der Waals surface area contributed by atoms with Gasteiger partial charge in [0.1, 0.15) is 23.0 Å². The normalized spacial score (nSPS) is 11.8. The molecule has 0 unspecified atom stereocenters. The molecule has 4 aromatic rings. The second-order valence-electron chi connectivity index (χ2n) is 16.5. The van der Waals surface area contributed by atoms with E-state index in [1.807, 2.05) is 32.0 Å². The molecular formula is C46H66O6Si. The van der Waals surface area contributed by atoms with Crippen LogP contribution in [0.3, 0.4) is 0 Å². The Kier molecular flexibility index (Phi) is 15.6. The molecule has 0 fully saturated rings. The van der Waals surface area contributed by atoms with Crippen molar-refractivity contribution >= 4 is 8.32 Å². The van der Waals surface area contributed by atoms with Gasteiger partial charge >= 0.3 is 0 Å². The molecule has 0 spiro atoms. The molecule has 53 heavy (non-hydrogen) atoms. The van der Waals surface area contributed by atoms with Gasteiger partial charge in [-0.1, -0.05) is 72.7 Å². The number of benzene rings is 4. The minimum Gasteiger partial charge on any atom is -0.543 e. The Morgan fingerprint density at radius 3 is 1.32 bits per heavy atom. The summed E-state index contributed by atoms with van der Waals surface area (Å²) in [6, 6.07) is 20.9. The first kappa shape index (κ1) is 43.6. The predicted molar refractivity (Wildman–Crippen MR) is 223 cm³/mol. The molecule has 0 aliphatic carbocycles. The summed E-state index contributed by atoms with van der Waals surface area (Å²) in [6.45, 7) is 29.2. The number of methoxy groups -OCH3 is 2. The number of aromatic hydroxyl groups is 1. The third kappa shape index (κ3) is 12.1. The average Bonchev–Trinajstić information content (AvgIpc) is 3.06. The maximum absolute atomic E-state index is 9.69. The van der Waals surface area contributed by atoms with Crippen molar-refractivity contribution in [1.82, 2.24) is 0 Å². The first-order valence-electron chi connectivity index (χ1n) is 18.8. The Labute approximate surface area is 322 Å². The highest BCUT2D eigenvalue weighted by Gasteiger charge is 2.39. The zero-order chi connectivity index (χ0) is 39.7. The van der Waals surface area contributed by atoms with E-state index in [1.54, 1.807) is 14.2 Å². The molecule has 0 radical (unpaired) electrons. The van der Waals surface area contributed by atoms with E-state index in [-0.39, 0.29) is 18.6 Å². The lowest BCUT2D eigenvalue weighted by Crippen LogP contribution is -2.43. The van der Waals surface area contributed by atoms with Crippen molar-refractivity contribution in [3.63, 3.8) is 0 Å². The fourth-order valence-corrected chi connectivity index (χ4v) is 7.24. The topological polar surface area (TPSA) is 66.4 Å². The van der Waals surface area contributed by atoms with Crippen LogP contribution in [0.5, 0.6) is 23.0 Å². The zero-order valence-corrected chi connectivity index (χ0v) is 36.2. The molecule has 1 N–H and O–H groups in total. The molecule has 0 bridgehead atoms. The van der Waals surface area contributed by atoms with Crippen molar-refractivity contribution in [2.24, 2.45) is 0 Å². The standard InChI is InChI=1S/C26H40O3Si.C20H26O3/c1-18(2)23-15-21(11-12-25(23)28-17-27-8)16-24-19(3)13-22(14-20(24)4)29-30(9,10)26(5,6)7;1-13(2)18-10-16(6-7-20(18)23-12-22-5)11-19-14(3)8-17(21)9-15(19)4/h11-15,18H,16-17H2,1-10H3;6-10,13,21H,11-12H2,1-5H3. The molecule has 6 nitrogen and oxygen atoms in total. The first-order chi connectivity index (χ1) is 24.8. The maximum atomic E-state index is 9.69. The van der Waals surface area contributed by atoms with E-state index in [1.165, 1.54) is 44.5 Å². The lowest BCUT2D eigenvalue weighted by atomic mass is 9.93. The van der Waals surface area contributed by atoms with E-state index in [2.05, 4.69) is 118 Å². The molecule has 4 rings (SSSR count). The van der Waals surface area contributed by atoms with Gasteiger partial charge in [-0.25, -0.2) is 0 Å². The summed E-state index contributed by atoms with van der Waals surface area (Å²) in [5.41, 5.74) is 12.4. The molecule has 0 amide bonds. The highest BCUT2D eigenvalue weighted by Crippen LogP contribution is 2.38. The van der Waals surface area contributed by atoms with E-state index in [4.69, 9.17) is 23.4 Å². The lowest BCUT2D eigenvalue weighted by Gasteiger charge is -2.36. The molecule has 0 aliphatic rings. The number of hydrogen-bond acceptors (Lipinski definition) is 6. The van der Waals surface area contributed by atoms with E-state index in [9.17, 15) is 5.11 Å². The summed E-state index contributed by atoms with van der Waals surface area (Å²) in [6.07, 6.45) is 1.75. The summed E-state index contributed by atoms with van der Waals surface area (Å²) in [5.74, 6) is 3.89. The van der Waals surface area contributed by atoms with Crippen LogP contribution in [0.2, 0.25) is 18.1 Å². The third-order valence-electron chi connectivity index (χ3n) is 10.3. The summed E-state index contributed by atoms with van der Waals surface area (Å²) >= 11 is 0. The Hall–Kier alpha value is -3.78.